The SMILES string of the molecule is O=S([O-])c1ccccc1.[Co]. The largest absolute Gasteiger partial charge is 0.768 e. The number of hydrogen-bond acceptors (Lipinski definition) is 2. The van der Waals surface area contributed by atoms with E-state index in [1.165, 1.54) is 0 Å². The van der Waals surface area contributed by atoms with E-state index in [4.69, 9.17) is 0 Å². The van der Waals surface area contributed by atoms with Gasteiger partial charge in [-0.05, 0) is 23.2 Å². The summed E-state index contributed by atoms with van der Waals surface area (Å²) in [5, 5.41) is 0. The van der Waals surface area contributed by atoms with Crippen LogP contribution in [0.1, 0.15) is 0 Å². The molecule has 0 saturated heterocycles. The molecule has 4 heteroatoms. The molecule has 1 radical (unpaired) electrons. The Morgan fingerprint density at radius 2 is 1.70 bits per heavy atom. The average Bonchev–Trinajstić information content (AvgIpc) is 1.90. The van der Waals surface area contributed by atoms with Gasteiger partial charge < -0.3 is 4.55 Å². The van der Waals surface area contributed by atoms with Gasteiger partial charge in [0.25, 0.3) is 0 Å². The second-order valence-corrected chi connectivity index (χ2v) is 2.49. The Balaban J connectivity index is 0.000000810. The van der Waals surface area contributed by atoms with Crippen molar-refractivity contribution in [1.82, 2.24) is 0 Å². The fourth-order valence-corrected chi connectivity index (χ4v) is 0.911. The summed E-state index contributed by atoms with van der Waals surface area (Å²) >= 11 is -2.08. The number of benzene rings is 1. The monoisotopic (exact) mass is 200 g/mol. The molecule has 0 bridgehead atoms. The van der Waals surface area contributed by atoms with Crippen LogP contribution < -0.4 is 0 Å². The minimum absolute atomic E-state index is 0. The minimum atomic E-state index is -2.08. The number of rotatable bonds is 1. The molecule has 0 N–H and O–H groups in total. The van der Waals surface area contributed by atoms with E-state index in [9.17, 15) is 8.76 Å². The van der Waals surface area contributed by atoms with Crippen LogP contribution in [0.2, 0.25) is 0 Å². The molecule has 1 rings (SSSR count). The third-order valence-electron chi connectivity index (χ3n) is 0.936. The third kappa shape index (κ3) is 2.61. The molecule has 0 aliphatic heterocycles. The van der Waals surface area contributed by atoms with E-state index in [1.807, 2.05) is 0 Å². The molecule has 0 saturated carbocycles. The summed E-state index contributed by atoms with van der Waals surface area (Å²) in [6.07, 6.45) is 0. The Kier molecular flexibility index (Phi) is 4.55. The van der Waals surface area contributed by atoms with Crippen LogP contribution in [0.5, 0.6) is 0 Å². The minimum Gasteiger partial charge on any atom is -0.768 e. The van der Waals surface area contributed by atoms with Crippen LogP contribution in [0.15, 0.2) is 35.2 Å². The second kappa shape index (κ2) is 4.62. The van der Waals surface area contributed by atoms with Crippen molar-refractivity contribution in [2.24, 2.45) is 0 Å². The maximum atomic E-state index is 10.2. The van der Waals surface area contributed by atoms with Gasteiger partial charge in [0, 0.05) is 21.7 Å². The third-order valence-corrected chi connectivity index (χ3v) is 1.59. The maximum absolute atomic E-state index is 10.2. The van der Waals surface area contributed by atoms with E-state index < -0.39 is 11.1 Å². The molecule has 1 aromatic rings. The smallest absolute Gasteiger partial charge is 0.0248 e. The summed E-state index contributed by atoms with van der Waals surface area (Å²) in [4.78, 5) is 0.331. The summed E-state index contributed by atoms with van der Waals surface area (Å²) in [7, 11) is 0. The van der Waals surface area contributed by atoms with Crippen molar-refractivity contribution in [2.45, 2.75) is 4.90 Å². The van der Waals surface area contributed by atoms with Crippen molar-refractivity contribution in [1.29, 1.82) is 0 Å². The van der Waals surface area contributed by atoms with Gasteiger partial charge in [0.2, 0.25) is 0 Å². The first-order chi connectivity index (χ1) is 4.30. The van der Waals surface area contributed by atoms with Gasteiger partial charge in [0.15, 0.2) is 0 Å². The van der Waals surface area contributed by atoms with Crippen molar-refractivity contribution in [3.63, 3.8) is 0 Å². The van der Waals surface area contributed by atoms with E-state index in [0.29, 0.717) is 4.90 Å². The summed E-state index contributed by atoms with van der Waals surface area (Å²) in [6, 6.07) is 8.23. The molecule has 10 heavy (non-hydrogen) atoms. The van der Waals surface area contributed by atoms with E-state index >= 15 is 0 Å². The molecule has 0 aliphatic carbocycles. The predicted octanol–water partition coefficient (Wildman–Crippen LogP) is 0.922. The van der Waals surface area contributed by atoms with Crippen molar-refractivity contribution in [3.05, 3.63) is 30.3 Å². The summed E-state index contributed by atoms with van der Waals surface area (Å²) < 4.78 is 20.4. The van der Waals surface area contributed by atoms with E-state index in [2.05, 4.69) is 0 Å². The Bertz CT molecular complexity index is 212. The zero-order chi connectivity index (χ0) is 6.69. The Morgan fingerprint density at radius 1 is 1.20 bits per heavy atom. The molecule has 0 spiro atoms. The normalized spacial score (nSPS) is 11.7. The summed E-state index contributed by atoms with van der Waals surface area (Å²) in [6.45, 7) is 0. The van der Waals surface area contributed by atoms with Crippen LogP contribution in [-0.4, -0.2) is 8.76 Å². The van der Waals surface area contributed by atoms with Gasteiger partial charge in [-0.25, -0.2) is 0 Å². The fourth-order valence-electron chi connectivity index (χ4n) is 0.532. The first-order valence-corrected chi connectivity index (χ1v) is 3.52. The Hall–Kier alpha value is -0.164. The van der Waals surface area contributed by atoms with Crippen LogP contribution in [0.25, 0.3) is 0 Å². The molecule has 1 atom stereocenters. The molecule has 1 unspecified atom stereocenters. The number of hydrogen-bond donors (Lipinski definition) is 0. The molecule has 1 aromatic carbocycles. The second-order valence-electron chi connectivity index (χ2n) is 1.55. The van der Waals surface area contributed by atoms with E-state index in [0.717, 1.165) is 0 Å². The molecule has 0 aromatic heterocycles. The summed E-state index contributed by atoms with van der Waals surface area (Å²) in [5.41, 5.74) is 0. The molecule has 0 aliphatic rings. The van der Waals surface area contributed by atoms with Gasteiger partial charge in [-0.2, -0.15) is 0 Å². The maximum Gasteiger partial charge on any atom is 0.0248 e. The average molecular weight is 200 g/mol. The van der Waals surface area contributed by atoms with Crippen molar-refractivity contribution < 1.29 is 25.5 Å². The van der Waals surface area contributed by atoms with Gasteiger partial charge in [-0.1, -0.05) is 18.2 Å². The van der Waals surface area contributed by atoms with Gasteiger partial charge in [-0.3, -0.25) is 4.21 Å². The zero-order valence-electron chi connectivity index (χ0n) is 4.94. The first kappa shape index (κ1) is 9.84. The molecule has 0 fully saturated rings. The molecular weight excluding hydrogens is 195 g/mol. The van der Waals surface area contributed by atoms with Crippen LogP contribution in [0.3, 0.4) is 0 Å². The fraction of sp³-hybridized carbons (Fsp3) is 0. The molecular formula is C6H5CoO2S-. The Labute approximate surface area is 72.1 Å². The predicted molar refractivity (Wildman–Crippen MR) is 33.6 cm³/mol. The topological polar surface area (TPSA) is 40.1 Å². The Morgan fingerprint density at radius 3 is 2.00 bits per heavy atom. The van der Waals surface area contributed by atoms with Gasteiger partial charge in [0.1, 0.15) is 0 Å². The van der Waals surface area contributed by atoms with Crippen molar-refractivity contribution in [2.75, 3.05) is 0 Å². The van der Waals surface area contributed by atoms with Gasteiger partial charge >= 0.3 is 0 Å². The van der Waals surface area contributed by atoms with E-state index in [1.54, 1.807) is 30.3 Å². The van der Waals surface area contributed by atoms with Gasteiger partial charge in [-0.15, -0.1) is 0 Å². The zero-order valence-corrected chi connectivity index (χ0v) is 6.80. The van der Waals surface area contributed by atoms with E-state index in [-0.39, 0.29) is 16.8 Å². The van der Waals surface area contributed by atoms with Crippen LogP contribution in [-0.2, 0) is 27.9 Å². The van der Waals surface area contributed by atoms with Crippen LogP contribution in [0, 0.1) is 0 Å². The van der Waals surface area contributed by atoms with Crippen LogP contribution in [0.4, 0.5) is 0 Å². The van der Waals surface area contributed by atoms with Crippen LogP contribution >= 0.6 is 0 Å². The molecule has 2 nitrogen and oxygen atoms in total. The molecule has 0 heterocycles. The molecule has 0 amide bonds. The molecule has 57 valence electrons. The summed E-state index contributed by atoms with van der Waals surface area (Å²) in [5.74, 6) is 0. The van der Waals surface area contributed by atoms with Crippen molar-refractivity contribution >= 4 is 11.1 Å². The first-order valence-electron chi connectivity index (χ1n) is 2.45. The van der Waals surface area contributed by atoms with Gasteiger partial charge in [0.05, 0.1) is 0 Å². The quantitative estimate of drug-likeness (QED) is 0.632. The van der Waals surface area contributed by atoms with Crippen molar-refractivity contribution in [3.8, 4) is 0 Å². The standard InChI is InChI=1S/C6H6O2S.Co/c7-9(8)6-4-2-1-3-5-6;/h1-5H,(H,7,8);/p-1.